The van der Waals surface area contributed by atoms with E-state index in [1.807, 2.05) is 0 Å². The van der Waals surface area contributed by atoms with Gasteiger partial charge in [0.05, 0.1) is 0 Å². The third-order valence-corrected chi connectivity index (χ3v) is 1.54. The van der Waals surface area contributed by atoms with E-state index in [1.54, 1.807) is 6.92 Å². The number of nitrogens with zero attached hydrogens (tertiary/aromatic N) is 1. The zero-order chi connectivity index (χ0) is 10.1. The molecule has 0 saturated carbocycles. The monoisotopic (exact) mass is 255 g/mol. The van der Waals surface area contributed by atoms with Crippen LogP contribution in [-0.4, -0.2) is 11.3 Å². The zero-order valence-electron chi connectivity index (χ0n) is 6.52. The van der Waals surface area contributed by atoms with Crippen LogP contribution in [-0.2, 0) is 0 Å². The topological polar surface area (TPSA) is 22.1 Å². The molecule has 0 atom stereocenters. The van der Waals surface area contributed by atoms with E-state index >= 15 is 0 Å². The highest BCUT2D eigenvalue weighted by molar-refractivity contribution is 9.10. The van der Waals surface area contributed by atoms with Gasteiger partial charge in [-0.3, -0.25) is 0 Å². The Morgan fingerprint density at radius 2 is 2.00 bits per heavy atom. The van der Waals surface area contributed by atoms with Crippen LogP contribution in [0.25, 0.3) is 0 Å². The molecule has 0 bridgehead atoms. The SMILES string of the molecule is Cc1cc(OC(F)(F)F)cc(Br)n1. The smallest absolute Gasteiger partial charge is 0.406 e. The zero-order valence-corrected chi connectivity index (χ0v) is 8.11. The molecule has 0 radical (unpaired) electrons. The average molecular weight is 256 g/mol. The lowest BCUT2D eigenvalue weighted by molar-refractivity contribution is -0.274. The summed E-state index contributed by atoms with van der Waals surface area (Å²) in [6.07, 6.45) is -4.66. The second kappa shape index (κ2) is 3.53. The molecule has 0 N–H and O–H groups in total. The molecule has 0 unspecified atom stereocenters. The van der Waals surface area contributed by atoms with Gasteiger partial charge in [0, 0.05) is 17.8 Å². The first kappa shape index (κ1) is 10.3. The third kappa shape index (κ3) is 3.63. The number of hydrogen-bond acceptors (Lipinski definition) is 2. The van der Waals surface area contributed by atoms with Crippen molar-refractivity contribution in [2.24, 2.45) is 0 Å². The molecule has 0 aliphatic carbocycles. The van der Waals surface area contributed by atoms with Crippen molar-refractivity contribution < 1.29 is 17.9 Å². The maximum atomic E-state index is 11.7. The number of halogens is 4. The Bertz CT molecular complexity index is 293. The van der Waals surface area contributed by atoms with E-state index in [1.165, 1.54) is 6.07 Å². The van der Waals surface area contributed by atoms with Gasteiger partial charge in [-0.2, -0.15) is 0 Å². The molecule has 0 fully saturated rings. The molecule has 0 spiro atoms. The number of pyridine rings is 1. The van der Waals surface area contributed by atoms with E-state index in [2.05, 4.69) is 25.7 Å². The third-order valence-electron chi connectivity index (χ3n) is 1.13. The molecule has 0 aliphatic heterocycles. The van der Waals surface area contributed by atoms with E-state index in [-0.39, 0.29) is 5.75 Å². The van der Waals surface area contributed by atoms with Gasteiger partial charge in [-0.05, 0) is 22.9 Å². The summed E-state index contributed by atoms with van der Waals surface area (Å²) in [6.45, 7) is 1.58. The Labute approximate surface area is 80.9 Å². The molecule has 1 aromatic rings. The summed E-state index contributed by atoms with van der Waals surface area (Å²) in [5.74, 6) is -0.271. The van der Waals surface area contributed by atoms with E-state index in [0.29, 0.717) is 10.3 Å². The van der Waals surface area contributed by atoms with Gasteiger partial charge in [0.2, 0.25) is 0 Å². The Hall–Kier alpha value is -0.780. The molecule has 72 valence electrons. The Balaban J connectivity index is 2.90. The molecule has 6 heteroatoms. The van der Waals surface area contributed by atoms with Gasteiger partial charge in [-0.1, -0.05) is 0 Å². The van der Waals surface area contributed by atoms with E-state index in [9.17, 15) is 13.2 Å². The molecule has 0 aliphatic rings. The van der Waals surface area contributed by atoms with Crippen LogP contribution in [0.3, 0.4) is 0 Å². The van der Waals surface area contributed by atoms with Gasteiger partial charge >= 0.3 is 6.36 Å². The van der Waals surface area contributed by atoms with E-state index in [0.717, 1.165) is 6.07 Å². The summed E-state index contributed by atoms with van der Waals surface area (Å²) in [7, 11) is 0. The first-order chi connectivity index (χ1) is 5.87. The maximum absolute atomic E-state index is 11.7. The normalized spacial score (nSPS) is 11.5. The van der Waals surface area contributed by atoms with Gasteiger partial charge in [0.15, 0.2) is 0 Å². The summed E-state index contributed by atoms with van der Waals surface area (Å²) in [6, 6.07) is 2.36. The lowest BCUT2D eigenvalue weighted by Crippen LogP contribution is -2.17. The fourth-order valence-electron chi connectivity index (χ4n) is 0.791. The molecule has 0 aromatic carbocycles. The van der Waals surface area contributed by atoms with Crippen LogP contribution in [0.1, 0.15) is 5.69 Å². The minimum absolute atomic E-state index is 0.271. The van der Waals surface area contributed by atoms with Crippen molar-refractivity contribution in [1.29, 1.82) is 0 Å². The van der Waals surface area contributed by atoms with E-state index < -0.39 is 6.36 Å². The summed E-state index contributed by atoms with van der Waals surface area (Å²) >= 11 is 2.96. The average Bonchev–Trinajstić information content (AvgIpc) is 1.78. The largest absolute Gasteiger partial charge is 0.573 e. The minimum Gasteiger partial charge on any atom is -0.406 e. The molecule has 1 rings (SSSR count). The molecule has 1 heterocycles. The number of hydrogen-bond donors (Lipinski definition) is 0. The summed E-state index contributed by atoms with van der Waals surface area (Å²) in [5, 5.41) is 0. The lowest BCUT2D eigenvalue weighted by Gasteiger charge is -2.08. The summed E-state index contributed by atoms with van der Waals surface area (Å²) < 4.78 is 39.2. The predicted octanol–water partition coefficient (Wildman–Crippen LogP) is 3.05. The highest BCUT2D eigenvalue weighted by atomic mass is 79.9. The number of aryl methyl sites for hydroxylation is 1. The number of rotatable bonds is 1. The van der Waals surface area contributed by atoms with Gasteiger partial charge in [-0.25, -0.2) is 4.98 Å². The lowest BCUT2D eigenvalue weighted by atomic mass is 10.4. The van der Waals surface area contributed by atoms with Crippen LogP contribution in [0, 0.1) is 6.92 Å². The van der Waals surface area contributed by atoms with Gasteiger partial charge in [0.1, 0.15) is 10.4 Å². The molecular formula is C7H5BrF3NO. The summed E-state index contributed by atoms with van der Waals surface area (Å²) in [4.78, 5) is 3.83. The minimum atomic E-state index is -4.66. The van der Waals surface area contributed by atoms with Crippen LogP contribution in [0.4, 0.5) is 13.2 Å². The molecule has 1 aromatic heterocycles. The maximum Gasteiger partial charge on any atom is 0.573 e. The van der Waals surface area contributed by atoms with Crippen molar-refractivity contribution in [3.05, 3.63) is 22.4 Å². The Morgan fingerprint density at radius 3 is 2.46 bits per heavy atom. The van der Waals surface area contributed by atoms with Gasteiger partial charge in [-0.15, -0.1) is 13.2 Å². The van der Waals surface area contributed by atoms with Crippen molar-refractivity contribution in [2.45, 2.75) is 13.3 Å². The van der Waals surface area contributed by atoms with Crippen LogP contribution in [0.5, 0.6) is 5.75 Å². The quantitative estimate of drug-likeness (QED) is 0.720. The van der Waals surface area contributed by atoms with Crippen LogP contribution in [0.2, 0.25) is 0 Å². The first-order valence-corrected chi connectivity index (χ1v) is 4.06. The first-order valence-electron chi connectivity index (χ1n) is 3.27. The van der Waals surface area contributed by atoms with Crippen molar-refractivity contribution in [2.75, 3.05) is 0 Å². The summed E-state index contributed by atoms with van der Waals surface area (Å²) in [5.41, 5.74) is 0.452. The Kier molecular flexibility index (Phi) is 2.80. The van der Waals surface area contributed by atoms with Crippen molar-refractivity contribution in [3.8, 4) is 5.75 Å². The number of ether oxygens (including phenoxy) is 1. The van der Waals surface area contributed by atoms with Crippen LogP contribution in [0.15, 0.2) is 16.7 Å². The van der Waals surface area contributed by atoms with Crippen molar-refractivity contribution in [1.82, 2.24) is 4.98 Å². The van der Waals surface area contributed by atoms with Gasteiger partial charge in [0.25, 0.3) is 0 Å². The van der Waals surface area contributed by atoms with Crippen molar-refractivity contribution >= 4 is 15.9 Å². The van der Waals surface area contributed by atoms with Gasteiger partial charge < -0.3 is 4.74 Å². The number of alkyl halides is 3. The highest BCUT2D eigenvalue weighted by Crippen LogP contribution is 2.25. The fraction of sp³-hybridized carbons (Fsp3) is 0.286. The van der Waals surface area contributed by atoms with E-state index in [4.69, 9.17) is 0 Å². The standard InChI is InChI=1S/C7H5BrF3NO/c1-4-2-5(3-6(8)12-4)13-7(9,10)11/h2-3H,1H3. The molecule has 13 heavy (non-hydrogen) atoms. The Morgan fingerprint density at radius 1 is 1.38 bits per heavy atom. The second-order valence-corrected chi connectivity index (χ2v) is 3.13. The van der Waals surface area contributed by atoms with Crippen LogP contribution < -0.4 is 4.74 Å². The van der Waals surface area contributed by atoms with Crippen LogP contribution >= 0.6 is 15.9 Å². The molecular weight excluding hydrogens is 251 g/mol. The van der Waals surface area contributed by atoms with Crippen molar-refractivity contribution in [3.63, 3.8) is 0 Å². The number of aromatic nitrogens is 1. The molecule has 0 saturated heterocycles. The molecule has 0 amide bonds. The highest BCUT2D eigenvalue weighted by Gasteiger charge is 2.31. The predicted molar refractivity (Wildman–Crippen MR) is 43.4 cm³/mol. The second-order valence-electron chi connectivity index (χ2n) is 2.31. The molecule has 2 nitrogen and oxygen atoms in total. The fourth-order valence-corrected chi connectivity index (χ4v) is 1.30.